The Morgan fingerprint density at radius 3 is 2.62 bits per heavy atom. The van der Waals surface area contributed by atoms with Crippen LogP contribution >= 0.6 is 11.3 Å². The van der Waals surface area contributed by atoms with Crippen LogP contribution in [0.1, 0.15) is 16.8 Å². The number of ether oxygens (including phenoxy) is 3. The zero-order valence-corrected chi connectivity index (χ0v) is 19.0. The van der Waals surface area contributed by atoms with Crippen LogP contribution in [0.2, 0.25) is 0 Å². The van der Waals surface area contributed by atoms with Crippen molar-refractivity contribution in [2.45, 2.75) is 13.0 Å². The van der Waals surface area contributed by atoms with Gasteiger partial charge in [-0.2, -0.15) is 0 Å². The SMILES string of the molecule is COc1ccc2nc(N(CCCn3ccnc3)C(=O)c3ccc(OC)c(OC)c3)sc2c1. The highest BCUT2D eigenvalue weighted by Gasteiger charge is 2.22. The number of anilines is 1. The van der Waals surface area contributed by atoms with E-state index in [0.717, 1.165) is 28.9 Å². The van der Waals surface area contributed by atoms with Crippen molar-refractivity contribution >= 4 is 32.6 Å². The molecular weight excluding hydrogens is 428 g/mol. The number of methoxy groups -OCH3 is 3. The molecule has 0 aliphatic rings. The van der Waals surface area contributed by atoms with E-state index in [4.69, 9.17) is 19.2 Å². The summed E-state index contributed by atoms with van der Waals surface area (Å²) >= 11 is 1.46. The highest BCUT2D eigenvalue weighted by molar-refractivity contribution is 7.22. The Morgan fingerprint density at radius 2 is 1.91 bits per heavy atom. The second kappa shape index (κ2) is 9.69. The summed E-state index contributed by atoms with van der Waals surface area (Å²) in [5.74, 6) is 1.68. The van der Waals surface area contributed by atoms with Gasteiger partial charge in [0, 0.05) is 31.0 Å². The minimum atomic E-state index is -0.150. The zero-order valence-electron chi connectivity index (χ0n) is 18.1. The standard InChI is InChI=1S/C23H24N4O4S/c1-29-17-6-7-18-21(14-17)32-23(25-18)27(11-4-10-26-12-9-24-15-26)22(28)16-5-8-19(30-2)20(13-16)31-3/h5-9,12-15H,4,10-11H2,1-3H3. The van der Waals surface area contributed by atoms with E-state index in [2.05, 4.69) is 4.98 Å². The Labute approximate surface area is 190 Å². The number of nitrogens with zero attached hydrogens (tertiary/aromatic N) is 4. The number of carbonyl (C=O) groups is 1. The van der Waals surface area contributed by atoms with Gasteiger partial charge in [0.05, 0.1) is 37.9 Å². The lowest BCUT2D eigenvalue weighted by atomic mass is 10.1. The normalized spacial score (nSPS) is 10.8. The molecule has 4 aromatic rings. The molecule has 0 atom stereocenters. The molecule has 166 valence electrons. The predicted molar refractivity (Wildman–Crippen MR) is 124 cm³/mol. The number of fused-ring (bicyclic) bond motifs is 1. The first-order chi connectivity index (χ1) is 15.6. The lowest BCUT2D eigenvalue weighted by Gasteiger charge is -2.20. The van der Waals surface area contributed by atoms with E-state index in [1.165, 1.54) is 11.3 Å². The summed E-state index contributed by atoms with van der Waals surface area (Å²) in [4.78, 5) is 24.1. The number of amides is 1. The van der Waals surface area contributed by atoms with Gasteiger partial charge in [0.25, 0.3) is 5.91 Å². The molecule has 2 aromatic carbocycles. The molecule has 9 heteroatoms. The van der Waals surface area contributed by atoms with Crippen LogP contribution < -0.4 is 19.1 Å². The van der Waals surface area contributed by atoms with Crippen molar-refractivity contribution in [3.05, 3.63) is 60.7 Å². The van der Waals surface area contributed by atoms with Gasteiger partial charge in [-0.05, 0) is 42.8 Å². The Morgan fingerprint density at radius 1 is 1.06 bits per heavy atom. The Kier molecular flexibility index (Phi) is 6.55. The average Bonchev–Trinajstić information content (AvgIpc) is 3.50. The minimum absolute atomic E-state index is 0.150. The maximum atomic E-state index is 13.6. The number of rotatable bonds is 9. The minimum Gasteiger partial charge on any atom is -0.497 e. The number of benzene rings is 2. The van der Waals surface area contributed by atoms with Gasteiger partial charge >= 0.3 is 0 Å². The number of hydrogen-bond acceptors (Lipinski definition) is 7. The maximum absolute atomic E-state index is 13.6. The van der Waals surface area contributed by atoms with Crippen molar-refractivity contribution < 1.29 is 19.0 Å². The van der Waals surface area contributed by atoms with Crippen LogP contribution in [-0.2, 0) is 6.54 Å². The summed E-state index contributed by atoms with van der Waals surface area (Å²) in [5.41, 5.74) is 1.33. The van der Waals surface area contributed by atoms with Crippen molar-refractivity contribution in [1.82, 2.24) is 14.5 Å². The highest BCUT2D eigenvalue weighted by Crippen LogP contribution is 2.33. The summed E-state index contributed by atoms with van der Waals surface area (Å²) < 4.78 is 19.0. The first kappa shape index (κ1) is 21.6. The molecule has 2 heterocycles. The molecule has 0 saturated carbocycles. The van der Waals surface area contributed by atoms with Crippen molar-refractivity contribution in [3.8, 4) is 17.2 Å². The lowest BCUT2D eigenvalue weighted by Crippen LogP contribution is -2.32. The Balaban J connectivity index is 1.66. The summed E-state index contributed by atoms with van der Waals surface area (Å²) in [6.45, 7) is 1.25. The summed E-state index contributed by atoms with van der Waals surface area (Å²) in [6, 6.07) is 10.9. The first-order valence-corrected chi connectivity index (χ1v) is 10.9. The summed E-state index contributed by atoms with van der Waals surface area (Å²) in [6.07, 6.45) is 6.16. The van der Waals surface area contributed by atoms with Gasteiger partial charge < -0.3 is 18.8 Å². The first-order valence-electron chi connectivity index (χ1n) is 10.1. The molecule has 32 heavy (non-hydrogen) atoms. The molecule has 4 rings (SSSR count). The van der Waals surface area contributed by atoms with E-state index in [0.29, 0.717) is 28.7 Å². The molecule has 0 spiro atoms. The molecule has 2 aromatic heterocycles. The number of thiazole rings is 1. The number of aromatic nitrogens is 3. The van der Waals surface area contributed by atoms with Crippen molar-refractivity contribution in [2.75, 3.05) is 32.8 Å². The molecule has 1 amide bonds. The van der Waals surface area contributed by atoms with Crippen LogP contribution in [-0.4, -0.2) is 48.3 Å². The van der Waals surface area contributed by atoms with E-state index < -0.39 is 0 Å². The number of hydrogen-bond donors (Lipinski definition) is 0. The maximum Gasteiger partial charge on any atom is 0.260 e. The molecule has 0 radical (unpaired) electrons. The quantitative estimate of drug-likeness (QED) is 0.378. The Hall–Kier alpha value is -3.59. The van der Waals surface area contributed by atoms with E-state index in [1.807, 2.05) is 29.0 Å². The average molecular weight is 453 g/mol. The monoisotopic (exact) mass is 452 g/mol. The molecular formula is C23H24N4O4S. The van der Waals surface area contributed by atoms with Crippen LogP contribution in [0, 0.1) is 0 Å². The van der Waals surface area contributed by atoms with E-state index in [9.17, 15) is 4.79 Å². The summed E-state index contributed by atoms with van der Waals surface area (Å²) in [5, 5.41) is 0.638. The van der Waals surface area contributed by atoms with Crippen LogP contribution in [0.4, 0.5) is 5.13 Å². The van der Waals surface area contributed by atoms with E-state index in [-0.39, 0.29) is 5.91 Å². The second-order valence-corrected chi connectivity index (χ2v) is 8.02. The third-order valence-electron chi connectivity index (χ3n) is 5.05. The van der Waals surface area contributed by atoms with Crippen LogP contribution in [0.5, 0.6) is 17.2 Å². The van der Waals surface area contributed by atoms with Crippen molar-refractivity contribution in [1.29, 1.82) is 0 Å². The van der Waals surface area contributed by atoms with Gasteiger partial charge in [0.2, 0.25) is 0 Å². The van der Waals surface area contributed by atoms with Gasteiger partial charge in [-0.15, -0.1) is 0 Å². The van der Waals surface area contributed by atoms with Crippen LogP contribution in [0.15, 0.2) is 55.1 Å². The molecule has 0 saturated heterocycles. The predicted octanol–water partition coefficient (Wildman–Crippen LogP) is 4.26. The number of carbonyl (C=O) groups excluding carboxylic acids is 1. The fraction of sp³-hybridized carbons (Fsp3) is 0.261. The molecule has 0 fully saturated rings. The van der Waals surface area contributed by atoms with Gasteiger partial charge in [-0.25, -0.2) is 9.97 Å². The van der Waals surface area contributed by atoms with Crippen molar-refractivity contribution in [3.63, 3.8) is 0 Å². The van der Waals surface area contributed by atoms with E-state index >= 15 is 0 Å². The molecule has 0 aliphatic carbocycles. The largest absolute Gasteiger partial charge is 0.497 e. The molecule has 0 aliphatic heterocycles. The fourth-order valence-electron chi connectivity index (χ4n) is 3.37. The second-order valence-electron chi connectivity index (χ2n) is 7.01. The Bertz CT molecular complexity index is 1210. The topological polar surface area (TPSA) is 78.7 Å². The number of aryl methyl sites for hydroxylation is 1. The lowest BCUT2D eigenvalue weighted by molar-refractivity contribution is 0.0986. The smallest absolute Gasteiger partial charge is 0.260 e. The van der Waals surface area contributed by atoms with Crippen molar-refractivity contribution in [2.24, 2.45) is 0 Å². The zero-order chi connectivity index (χ0) is 22.5. The molecule has 0 unspecified atom stereocenters. The summed E-state index contributed by atoms with van der Waals surface area (Å²) in [7, 11) is 4.75. The molecule has 0 N–H and O–H groups in total. The third-order valence-corrected chi connectivity index (χ3v) is 6.09. The highest BCUT2D eigenvalue weighted by atomic mass is 32.1. The van der Waals surface area contributed by atoms with E-state index in [1.54, 1.807) is 57.0 Å². The van der Waals surface area contributed by atoms with Gasteiger partial charge in [0.15, 0.2) is 16.6 Å². The third kappa shape index (κ3) is 4.52. The molecule has 0 bridgehead atoms. The van der Waals surface area contributed by atoms with Crippen LogP contribution in [0.25, 0.3) is 10.2 Å². The number of imidazole rings is 1. The molecule has 8 nitrogen and oxygen atoms in total. The fourth-order valence-corrected chi connectivity index (χ4v) is 4.39. The van der Waals surface area contributed by atoms with Gasteiger partial charge in [0.1, 0.15) is 5.75 Å². The van der Waals surface area contributed by atoms with Crippen LogP contribution in [0.3, 0.4) is 0 Å². The van der Waals surface area contributed by atoms with Gasteiger partial charge in [-0.3, -0.25) is 9.69 Å². The van der Waals surface area contributed by atoms with Gasteiger partial charge in [-0.1, -0.05) is 11.3 Å².